The molecule has 0 aromatic heterocycles. The highest BCUT2D eigenvalue weighted by Crippen LogP contribution is 2.36. The van der Waals surface area contributed by atoms with Crippen LogP contribution in [0.3, 0.4) is 0 Å². The standard InChI is InChI=1S/C22H24O6/c1-22(27-13-17-10-6-3-7-11-17)20-18(28-19(23)15-24-20)14-26-21(22)25-12-16-8-4-2-5-9-16/h2-11,18,20-21H,12-15H2,1H3/t18-,20-,21-,22-/m1/s1. The topological polar surface area (TPSA) is 63.2 Å². The van der Waals surface area contributed by atoms with E-state index in [9.17, 15) is 4.79 Å². The number of carbonyl (C=O) groups is 1. The summed E-state index contributed by atoms with van der Waals surface area (Å²) in [6.07, 6.45) is -1.64. The van der Waals surface area contributed by atoms with E-state index in [1.54, 1.807) is 0 Å². The van der Waals surface area contributed by atoms with Crippen LogP contribution in [0, 0.1) is 0 Å². The first-order valence-corrected chi connectivity index (χ1v) is 9.41. The van der Waals surface area contributed by atoms with Crippen LogP contribution >= 0.6 is 0 Å². The van der Waals surface area contributed by atoms with Crippen molar-refractivity contribution < 1.29 is 28.5 Å². The molecule has 2 saturated heterocycles. The molecule has 148 valence electrons. The third-order valence-corrected chi connectivity index (χ3v) is 5.08. The van der Waals surface area contributed by atoms with Crippen LogP contribution in [0.2, 0.25) is 0 Å². The van der Waals surface area contributed by atoms with Crippen molar-refractivity contribution in [2.45, 2.75) is 44.2 Å². The van der Waals surface area contributed by atoms with E-state index in [1.807, 2.05) is 67.6 Å². The van der Waals surface area contributed by atoms with Crippen LogP contribution in [0.4, 0.5) is 0 Å². The zero-order valence-electron chi connectivity index (χ0n) is 15.8. The van der Waals surface area contributed by atoms with E-state index in [0.717, 1.165) is 11.1 Å². The summed E-state index contributed by atoms with van der Waals surface area (Å²) in [4.78, 5) is 11.6. The van der Waals surface area contributed by atoms with Crippen molar-refractivity contribution >= 4 is 5.97 Å². The first-order chi connectivity index (χ1) is 13.6. The quantitative estimate of drug-likeness (QED) is 0.714. The van der Waals surface area contributed by atoms with Crippen molar-refractivity contribution in [3.05, 3.63) is 71.8 Å². The first-order valence-electron chi connectivity index (χ1n) is 9.41. The minimum atomic E-state index is -0.936. The smallest absolute Gasteiger partial charge is 0.332 e. The molecule has 0 spiro atoms. The van der Waals surface area contributed by atoms with Gasteiger partial charge in [0.2, 0.25) is 0 Å². The monoisotopic (exact) mass is 384 g/mol. The van der Waals surface area contributed by atoms with Crippen molar-refractivity contribution in [3.8, 4) is 0 Å². The largest absolute Gasteiger partial charge is 0.455 e. The molecule has 2 aliphatic heterocycles. The molecule has 0 amide bonds. The summed E-state index contributed by atoms with van der Waals surface area (Å²) in [5, 5.41) is 0. The summed E-state index contributed by atoms with van der Waals surface area (Å²) in [6.45, 7) is 2.75. The molecule has 0 bridgehead atoms. The average Bonchev–Trinajstić information content (AvgIpc) is 2.73. The summed E-state index contributed by atoms with van der Waals surface area (Å²) >= 11 is 0. The Morgan fingerprint density at radius 2 is 1.61 bits per heavy atom. The lowest BCUT2D eigenvalue weighted by Crippen LogP contribution is -2.66. The molecular formula is C22H24O6. The highest BCUT2D eigenvalue weighted by atomic mass is 16.7. The maximum atomic E-state index is 11.6. The Hall–Kier alpha value is -2.25. The van der Waals surface area contributed by atoms with Gasteiger partial charge in [0.25, 0.3) is 0 Å². The third kappa shape index (κ3) is 4.10. The minimum Gasteiger partial charge on any atom is -0.455 e. The summed E-state index contributed by atoms with van der Waals surface area (Å²) in [5.41, 5.74) is 1.13. The van der Waals surface area contributed by atoms with Crippen LogP contribution < -0.4 is 0 Å². The van der Waals surface area contributed by atoms with Crippen molar-refractivity contribution in [2.75, 3.05) is 13.2 Å². The Kier molecular flexibility index (Phi) is 5.73. The zero-order valence-corrected chi connectivity index (χ0v) is 15.8. The van der Waals surface area contributed by atoms with Gasteiger partial charge < -0.3 is 23.7 Å². The lowest BCUT2D eigenvalue weighted by molar-refractivity contribution is -0.344. The lowest BCUT2D eigenvalue weighted by Gasteiger charge is -2.49. The van der Waals surface area contributed by atoms with Crippen LogP contribution in [-0.2, 0) is 41.7 Å². The van der Waals surface area contributed by atoms with Crippen LogP contribution in [-0.4, -0.2) is 43.3 Å². The molecule has 4 rings (SSSR count). The first kappa shape index (κ1) is 19.1. The van der Waals surface area contributed by atoms with Gasteiger partial charge in [-0.05, 0) is 18.1 Å². The maximum absolute atomic E-state index is 11.6. The van der Waals surface area contributed by atoms with E-state index >= 15 is 0 Å². The Bertz CT molecular complexity index is 780. The second-order valence-corrected chi connectivity index (χ2v) is 7.18. The molecule has 0 N–H and O–H groups in total. The molecule has 6 nitrogen and oxygen atoms in total. The molecule has 2 aromatic rings. The minimum absolute atomic E-state index is 0.100. The molecule has 0 unspecified atom stereocenters. The fourth-order valence-corrected chi connectivity index (χ4v) is 3.59. The molecule has 2 aromatic carbocycles. The van der Waals surface area contributed by atoms with E-state index in [1.165, 1.54) is 0 Å². The lowest BCUT2D eigenvalue weighted by atomic mass is 9.90. The van der Waals surface area contributed by atoms with Gasteiger partial charge in [-0.1, -0.05) is 60.7 Å². The van der Waals surface area contributed by atoms with Gasteiger partial charge in [-0.2, -0.15) is 0 Å². The SMILES string of the molecule is C[C@]1(OCc2ccccc2)[C@H](OCc2ccccc2)OC[C@H]2OC(=O)CO[C@H]21. The number of rotatable bonds is 6. The Morgan fingerprint density at radius 1 is 0.964 bits per heavy atom. The number of fused-ring (bicyclic) bond motifs is 1. The second-order valence-electron chi connectivity index (χ2n) is 7.18. The van der Waals surface area contributed by atoms with Gasteiger partial charge in [-0.25, -0.2) is 4.79 Å². The zero-order chi connectivity index (χ0) is 19.4. The fraction of sp³-hybridized carbons (Fsp3) is 0.409. The summed E-state index contributed by atoms with van der Waals surface area (Å²) in [5.74, 6) is -0.390. The molecule has 2 fully saturated rings. The number of carbonyl (C=O) groups excluding carboxylic acids is 1. The second kappa shape index (κ2) is 8.41. The predicted octanol–water partition coefficient (Wildman–Crippen LogP) is 2.85. The van der Waals surface area contributed by atoms with Crippen molar-refractivity contribution in [2.24, 2.45) is 0 Å². The molecule has 28 heavy (non-hydrogen) atoms. The van der Waals surface area contributed by atoms with Crippen molar-refractivity contribution in [3.63, 3.8) is 0 Å². The Balaban J connectivity index is 1.51. The number of hydrogen-bond donors (Lipinski definition) is 0. The number of esters is 1. The Labute approximate surface area is 164 Å². The van der Waals surface area contributed by atoms with Gasteiger partial charge in [-0.3, -0.25) is 0 Å². The summed E-state index contributed by atoms with van der Waals surface area (Å²) in [6, 6.07) is 19.7. The van der Waals surface area contributed by atoms with Crippen molar-refractivity contribution in [1.29, 1.82) is 0 Å². The fourth-order valence-electron chi connectivity index (χ4n) is 3.59. The molecule has 4 atom stereocenters. The number of benzene rings is 2. The molecule has 0 saturated carbocycles. The number of hydrogen-bond acceptors (Lipinski definition) is 6. The molecule has 6 heteroatoms. The van der Waals surface area contributed by atoms with Crippen LogP contribution in [0.15, 0.2) is 60.7 Å². The van der Waals surface area contributed by atoms with Crippen LogP contribution in [0.1, 0.15) is 18.1 Å². The van der Waals surface area contributed by atoms with Crippen LogP contribution in [0.25, 0.3) is 0 Å². The molecule has 0 radical (unpaired) electrons. The number of ether oxygens (including phenoxy) is 5. The highest BCUT2D eigenvalue weighted by Gasteiger charge is 2.55. The molecule has 0 aliphatic carbocycles. The average molecular weight is 384 g/mol. The van der Waals surface area contributed by atoms with E-state index in [-0.39, 0.29) is 19.2 Å². The summed E-state index contributed by atoms with van der Waals surface area (Å²) < 4.78 is 29.5. The van der Waals surface area contributed by atoms with Gasteiger partial charge in [-0.15, -0.1) is 0 Å². The van der Waals surface area contributed by atoms with Gasteiger partial charge in [0, 0.05) is 0 Å². The summed E-state index contributed by atoms with van der Waals surface area (Å²) in [7, 11) is 0. The Morgan fingerprint density at radius 3 is 2.29 bits per heavy atom. The van der Waals surface area contributed by atoms with E-state index in [0.29, 0.717) is 13.2 Å². The van der Waals surface area contributed by atoms with Gasteiger partial charge >= 0.3 is 5.97 Å². The van der Waals surface area contributed by atoms with E-state index < -0.39 is 24.1 Å². The molecule has 2 aliphatic rings. The van der Waals surface area contributed by atoms with E-state index in [4.69, 9.17) is 23.7 Å². The van der Waals surface area contributed by atoms with Gasteiger partial charge in [0.1, 0.15) is 18.3 Å². The maximum Gasteiger partial charge on any atom is 0.332 e. The van der Waals surface area contributed by atoms with Gasteiger partial charge in [0.05, 0.1) is 19.8 Å². The van der Waals surface area contributed by atoms with E-state index in [2.05, 4.69) is 0 Å². The van der Waals surface area contributed by atoms with Crippen LogP contribution in [0.5, 0.6) is 0 Å². The normalized spacial score (nSPS) is 29.8. The molecular weight excluding hydrogens is 360 g/mol. The molecule has 2 heterocycles. The third-order valence-electron chi connectivity index (χ3n) is 5.08. The van der Waals surface area contributed by atoms with Gasteiger partial charge in [0.15, 0.2) is 12.4 Å². The predicted molar refractivity (Wildman–Crippen MR) is 100 cm³/mol. The van der Waals surface area contributed by atoms with Crippen molar-refractivity contribution in [1.82, 2.24) is 0 Å². The highest BCUT2D eigenvalue weighted by molar-refractivity contribution is 5.71.